The molecule has 0 spiro atoms. The third-order valence-electron chi connectivity index (χ3n) is 4.29. The van der Waals surface area contributed by atoms with Crippen LogP contribution < -0.4 is 10.2 Å². The van der Waals surface area contributed by atoms with E-state index in [1.165, 1.54) is 5.56 Å². The fraction of sp³-hybridized carbons (Fsp3) is 0.391. The van der Waals surface area contributed by atoms with Crippen molar-refractivity contribution in [2.45, 2.75) is 60.3 Å². The Balaban J connectivity index is 0.000000928. The van der Waals surface area contributed by atoms with Crippen LogP contribution in [-0.2, 0) is 39.5 Å². The number of hydrogen-bond acceptors (Lipinski definition) is 6. The molecule has 0 bridgehead atoms. The van der Waals surface area contributed by atoms with Gasteiger partial charge in [0.05, 0.1) is 17.3 Å². The minimum atomic E-state index is -1.08. The van der Waals surface area contributed by atoms with E-state index >= 15 is 0 Å². The van der Waals surface area contributed by atoms with Crippen molar-refractivity contribution in [1.29, 1.82) is 0 Å². The Morgan fingerprint density at radius 1 is 0.844 bits per heavy atom. The third-order valence-corrected chi connectivity index (χ3v) is 4.29. The van der Waals surface area contributed by atoms with Crippen molar-refractivity contribution in [3.63, 3.8) is 0 Å². The van der Waals surface area contributed by atoms with Crippen LogP contribution in [0.15, 0.2) is 30.3 Å². The fourth-order valence-electron chi connectivity index (χ4n) is 3.06. The molecule has 9 heteroatoms. The first kappa shape index (κ1) is 29.1. The number of carboxylic acid groups (broad SMARTS) is 2. The Bertz CT molecular complexity index is 915. The van der Waals surface area contributed by atoms with E-state index in [0.29, 0.717) is 0 Å². The number of imidazole rings is 2. The summed E-state index contributed by atoms with van der Waals surface area (Å²) in [5.74, 6) is -0.0473. The topological polar surface area (TPSA) is 138 Å². The van der Waals surface area contributed by atoms with Gasteiger partial charge in [-0.3, -0.25) is 0 Å². The van der Waals surface area contributed by atoms with E-state index in [1.807, 2.05) is 6.07 Å². The van der Waals surface area contributed by atoms with E-state index in [1.54, 1.807) is 0 Å². The molecule has 0 saturated carbocycles. The number of aromatic amines is 2. The zero-order chi connectivity index (χ0) is 23.6. The summed E-state index contributed by atoms with van der Waals surface area (Å²) >= 11 is 0. The van der Waals surface area contributed by atoms with Crippen molar-refractivity contribution >= 4 is 11.9 Å². The molecule has 173 valence electrons. The summed E-state index contributed by atoms with van der Waals surface area (Å²) in [5.41, 5.74) is 5.62. The van der Waals surface area contributed by atoms with Crippen LogP contribution in [0.5, 0.6) is 0 Å². The molecule has 2 aromatic heterocycles. The quantitative estimate of drug-likeness (QED) is 0.531. The fourth-order valence-corrected chi connectivity index (χ4v) is 3.06. The van der Waals surface area contributed by atoms with Crippen LogP contribution >= 0.6 is 0 Å². The number of nitrogens with one attached hydrogen (secondary N) is 2. The van der Waals surface area contributed by atoms with Crippen LogP contribution in [0.25, 0.3) is 0 Å². The third kappa shape index (κ3) is 9.08. The zero-order valence-corrected chi connectivity index (χ0v) is 20.5. The van der Waals surface area contributed by atoms with E-state index in [0.717, 1.165) is 61.1 Å². The van der Waals surface area contributed by atoms with Crippen LogP contribution in [0.1, 0.15) is 73.6 Å². The molecule has 32 heavy (non-hydrogen) atoms. The number of hydrogen-bond donors (Lipinski definition) is 2. The molecule has 0 aliphatic heterocycles. The van der Waals surface area contributed by atoms with Gasteiger partial charge >= 0.3 is 17.1 Å². The second-order valence-corrected chi connectivity index (χ2v) is 6.92. The largest absolute Gasteiger partial charge is 2.00 e. The normalized spacial score (nSPS) is 9.72. The van der Waals surface area contributed by atoms with Crippen molar-refractivity contribution < 1.29 is 36.9 Å². The summed E-state index contributed by atoms with van der Waals surface area (Å²) in [7, 11) is 0. The molecule has 8 nitrogen and oxygen atoms in total. The van der Waals surface area contributed by atoms with Gasteiger partial charge in [-0.05, 0) is 33.3 Å². The Kier molecular flexibility index (Phi) is 12.9. The first-order valence-electron chi connectivity index (χ1n) is 10.1. The molecule has 0 saturated heterocycles. The predicted molar refractivity (Wildman–Crippen MR) is 114 cm³/mol. The summed E-state index contributed by atoms with van der Waals surface area (Å²) in [6, 6.07) is 10.5. The summed E-state index contributed by atoms with van der Waals surface area (Å²) in [4.78, 5) is 34.3. The molecule has 2 N–H and O–H groups in total. The molecule has 2 heterocycles. The molecule has 0 amide bonds. The number of H-pyrrole nitrogens is 2. The maximum atomic E-state index is 8.89. The van der Waals surface area contributed by atoms with Gasteiger partial charge in [0.2, 0.25) is 0 Å². The number of aryl methyl sites for hydroxylation is 4. The molecule has 1 aromatic carbocycles. The van der Waals surface area contributed by atoms with Crippen LogP contribution in [0.3, 0.4) is 0 Å². The number of carbonyl (C=O) groups is 2. The second kappa shape index (κ2) is 14.2. The van der Waals surface area contributed by atoms with E-state index in [-0.39, 0.29) is 23.0 Å². The Morgan fingerprint density at radius 3 is 1.47 bits per heavy atom. The van der Waals surface area contributed by atoms with Gasteiger partial charge in [0.15, 0.2) is 0 Å². The van der Waals surface area contributed by atoms with Gasteiger partial charge in [-0.25, -0.2) is 9.97 Å². The summed E-state index contributed by atoms with van der Waals surface area (Å²) < 4.78 is 0. The van der Waals surface area contributed by atoms with Gasteiger partial charge in [0.25, 0.3) is 0 Å². The van der Waals surface area contributed by atoms with Crippen molar-refractivity contribution in [2.75, 3.05) is 0 Å². The molecule has 3 aromatic rings. The average Bonchev–Trinajstić information content (AvgIpc) is 3.25. The molecule has 0 atom stereocenters. The van der Waals surface area contributed by atoms with Gasteiger partial charge in [0, 0.05) is 36.2 Å². The SMILES string of the molecule is CC(=O)[O-].CC(=O)[O-].CCc1nc(C(c2ccccc2)c2nc(CC)[nH]c2C)c(C)[nH]1.[Mn+2]. The van der Waals surface area contributed by atoms with Gasteiger partial charge in [-0.15, -0.1) is 0 Å². The van der Waals surface area contributed by atoms with Crippen LogP contribution in [0.4, 0.5) is 0 Å². The van der Waals surface area contributed by atoms with Crippen molar-refractivity contribution in [2.24, 2.45) is 0 Å². The summed E-state index contributed by atoms with van der Waals surface area (Å²) in [5, 5.41) is 17.8. The molecule has 1 radical (unpaired) electrons. The zero-order valence-electron chi connectivity index (χ0n) is 19.3. The standard InChI is InChI=1S/C19H24N4.2C2H4O2.Mn/c1-5-15-20-12(3)18(22-15)17(14-10-8-7-9-11-14)19-13(4)21-16(6-2)23-19;2*1-2(3)4;/h7-11,17H,5-6H2,1-4H3,(H,20,22)(H,21,23);2*1H3,(H,3,4);/q;;;+2/p-2. The molecule has 0 fully saturated rings. The maximum Gasteiger partial charge on any atom is 2.00 e. The second-order valence-electron chi connectivity index (χ2n) is 6.92. The predicted octanol–water partition coefficient (Wildman–Crippen LogP) is 1.56. The summed E-state index contributed by atoms with van der Waals surface area (Å²) in [6.45, 7) is 10.4. The minimum Gasteiger partial charge on any atom is -0.550 e. The van der Waals surface area contributed by atoms with E-state index in [2.05, 4.69) is 61.9 Å². The van der Waals surface area contributed by atoms with E-state index in [4.69, 9.17) is 29.8 Å². The van der Waals surface area contributed by atoms with Crippen LogP contribution in [0, 0.1) is 13.8 Å². The van der Waals surface area contributed by atoms with Crippen LogP contribution in [-0.4, -0.2) is 31.9 Å². The van der Waals surface area contributed by atoms with Crippen LogP contribution in [0.2, 0.25) is 0 Å². The van der Waals surface area contributed by atoms with Gasteiger partial charge in [0.1, 0.15) is 11.6 Å². The number of aromatic nitrogens is 4. The molecular weight excluding hydrogens is 451 g/mol. The minimum absolute atomic E-state index is 0. The molecule has 0 aliphatic rings. The van der Waals surface area contributed by atoms with Gasteiger partial charge in [-0.2, -0.15) is 0 Å². The smallest absolute Gasteiger partial charge is 0.550 e. The summed E-state index contributed by atoms with van der Waals surface area (Å²) in [6.07, 6.45) is 1.81. The number of nitrogens with zero attached hydrogens (tertiary/aromatic N) is 2. The molecule has 0 unspecified atom stereocenters. The van der Waals surface area contributed by atoms with Gasteiger partial charge < -0.3 is 29.8 Å². The van der Waals surface area contributed by atoms with E-state index in [9.17, 15) is 0 Å². The Morgan fingerprint density at radius 2 is 1.19 bits per heavy atom. The first-order chi connectivity index (χ1) is 14.6. The van der Waals surface area contributed by atoms with E-state index < -0.39 is 11.9 Å². The van der Waals surface area contributed by atoms with Gasteiger partial charge in [-0.1, -0.05) is 44.2 Å². The van der Waals surface area contributed by atoms with Crippen molar-refractivity contribution in [3.8, 4) is 0 Å². The first-order valence-corrected chi connectivity index (χ1v) is 10.1. The number of aliphatic carboxylic acids is 2. The van der Waals surface area contributed by atoms with Crippen molar-refractivity contribution in [3.05, 3.63) is 70.3 Å². The Hall–Kier alpha value is -2.90. The molecule has 0 aliphatic carbocycles. The number of carbonyl (C=O) groups excluding carboxylic acids is 2. The number of rotatable bonds is 5. The number of benzene rings is 1. The van der Waals surface area contributed by atoms with Crippen molar-refractivity contribution in [1.82, 2.24) is 19.9 Å². The molecule has 3 rings (SSSR count). The number of carboxylic acids is 2. The average molecular weight is 481 g/mol. The monoisotopic (exact) mass is 481 g/mol. The Labute approximate surface area is 199 Å². The molecular formula is C23H30MnN4O4. The maximum absolute atomic E-state index is 8.89.